The third kappa shape index (κ3) is 12.8. The second-order valence-electron chi connectivity index (χ2n) is 7.17. The summed E-state index contributed by atoms with van der Waals surface area (Å²) in [6.45, 7) is 7.52. The van der Waals surface area contributed by atoms with Gasteiger partial charge in [-0.05, 0) is 34.6 Å². The van der Waals surface area contributed by atoms with Crippen molar-refractivity contribution in [2.24, 2.45) is 0 Å². The van der Waals surface area contributed by atoms with E-state index in [0.29, 0.717) is 12.2 Å². The first kappa shape index (κ1) is 28.6. The van der Waals surface area contributed by atoms with Crippen LogP contribution < -0.4 is 5.32 Å². The van der Waals surface area contributed by atoms with Crippen LogP contribution in [-0.2, 0) is 32.7 Å². The molecular formula is C18H31N2O10P. The van der Waals surface area contributed by atoms with Gasteiger partial charge in [-0.15, -0.1) is 0 Å². The molecule has 31 heavy (non-hydrogen) atoms. The molecule has 0 aromatic rings. The van der Waals surface area contributed by atoms with E-state index >= 15 is 0 Å². The molecule has 0 aliphatic carbocycles. The van der Waals surface area contributed by atoms with Gasteiger partial charge in [0.1, 0.15) is 11.6 Å². The van der Waals surface area contributed by atoms with E-state index in [4.69, 9.17) is 18.9 Å². The van der Waals surface area contributed by atoms with Crippen molar-refractivity contribution in [2.75, 3.05) is 32.5 Å². The number of carboxylic acid groups (broad SMARTS) is 2. The Morgan fingerprint density at radius 1 is 1.06 bits per heavy atom. The van der Waals surface area contributed by atoms with Crippen LogP contribution in [0.15, 0.2) is 12.2 Å². The van der Waals surface area contributed by atoms with Crippen molar-refractivity contribution in [3.63, 3.8) is 0 Å². The van der Waals surface area contributed by atoms with E-state index in [1.54, 1.807) is 34.6 Å². The van der Waals surface area contributed by atoms with Gasteiger partial charge in [0.15, 0.2) is 0 Å². The molecule has 178 valence electrons. The van der Waals surface area contributed by atoms with Gasteiger partial charge in [-0.2, -0.15) is 0 Å². The van der Waals surface area contributed by atoms with Crippen LogP contribution in [0.5, 0.6) is 0 Å². The van der Waals surface area contributed by atoms with Crippen LogP contribution in [-0.4, -0.2) is 83.2 Å². The molecule has 0 fully saturated rings. The lowest BCUT2D eigenvalue weighted by Crippen LogP contribution is -2.51. The molecule has 0 aliphatic rings. The Morgan fingerprint density at radius 2 is 1.61 bits per heavy atom. The Bertz CT molecular complexity index is 707. The number of carbonyl (C=O) groups excluding carboxylic acids is 2. The van der Waals surface area contributed by atoms with E-state index in [2.05, 4.69) is 5.32 Å². The minimum atomic E-state index is -3.54. The fourth-order valence-electron chi connectivity index (χ4n) is 2.16. The molecular weight excluding hydrogens is 435 g/mol. The average Bonchev–Trinajstić information content (AvgIpc) is 2.61. The summed E-state index contributed by atoms with van der Waals surface area (Å²) >= 11 is 0. The van der Waals surface area contributed by atoms with Gasteiger partial charge in [-0.25, -0.2) is 14.4 Å². The number of rotatable bonds is 13. The van der Waals surface area contributed by atoms with Crippen molar-refractivity contribution in [3.8, 4) is 0 Å². The van der Waals surface area contributed by atoms with Crippen LogP contribution in [0, 0.1) is 0 Å². The Kier molecular flexibility index (Phi) is 12.1. The molecule has 3 N–H and O–H groups in total. The van der Waals surface area contributed by atoms with E-state index in [9.17, 15) is 28.8 Å². The van der Waals surface area contributed by atoms with E-state index in [0.717, 1.165) is 4.90 Å². The van der Waals surface area contributed by atoms with Gasteiger partial charge in [-0.3, -0.25) is 9.36 Å². The van der Waals surface area contributed by atoms with E-state index in [1.165, 1.54) is 0 Å². The highest BCUT2D eigenvalue weighted by Gasteiger charge is 2.31. The van der Waals surface area contributed by atoms with Crippen LogP contribution in [0.25, 0.3) is 0 Å². The third-order valence-corrected chi connectivity index (χ3v) is 5.39. The predicted molar refractivity (Wildman–Crippen MR) is 110 cm³/mol. The molecule has 0 bridgehead atoms. The zero-order chi connectivity index (χ0) is 24.2. The molecule has 1 unspecified atom stereocenters. The lowest BCUT2D eigenvalue weighted by molar-refractivity contribution is -0.141. The van der Waals surface area contributed by atoms with Gasteiger partial charge in [0, 0.05) is 18.7 Å². The highest BCUT2D eigenvalue weighted by atomic mass is 31.2. The lowest BCUT2D eigenvalue weighted by Gasteiger charge is -2.30. The summed E-state index contributed by atoms with van der Waals surface area (Å²) in [5, 5.41) is 20.1. The maximum absolute atomic E-state index is 12.7. The molecule has 0 heterocycles. The van der Waals surface area contributed by atoms with Crippen LogP contribution in [0.2, 0.25) is 0 Å². The standard InChI is InChI=1S/C18H31N2O10P/c1-6-28-31(27,29-7-2)11-10-20(17(26)30-18(3,4)5)12-13(16(24)25)19-14(21)8-9-15(22)23/h8-9,13H,6-7,10-12H2,1-5H3,(H,19,21)(H,22,23)(H,24,25)/b9-8-. The first-order valence-corrected chi connectivity index (χ1v) is 11.3. The molecule has 0 aromatic heterocycles. The van der Waals surface area contributed by atoms with Crippen molar-refractivity contribution in [2.45, 2.75) is 46.3 Å². The Labute approximate surface area is 181 Å². The van der Waals surface area contributed by atoms with Crippen molar-refractivity contribution < 1.29 is 47.7 Å². The topological polar surface area (TPSA) is 169 Å². The fourth-order valence-corrected chi connectivity index (χ4v) is 3.77. The zero-order valence-corrected chi connectivity index (χ0v) is 19.2. The molecule has 0 aliphatic heterocycles. The maximum atomic E-state index is 12.7. The normalized spacial score (nSPS) is 12.9. The largest absolute Gasteiger partial charge is 0.480 e. The summed E-state index contributed by atoms with van der Waals surface area (Å²) in [6.07, 6.45) is 0.0654. The second kappa shape index (κ2) is 13.1. The summed E-state index contributed by atoms with van der Waals surface area (Å²) in [5.41, 5.74) is -0.898. The van der Waals surface area contributed by atoms with Gasteiger partial charge in [0.25, 0.3) is 0 Å². The fraction of sp³-hybridized carbons (Fsp3) is 0.667. The van der Waals surface area contributed by atoms with Gasteiger partial charge < -0.3 is 34.2 Å². The Morgan fingerprint density at radius 3 is 2.03 bits per heavy atom. The second-order valence-corrected chi connectivity index (χ2v) is 9.35. The number of carbonyl (C=O) groups is 4. The number of nitrogens with zero attached hydrogens (tertiary/aromatic N) is 1. The first-order valence-electron chi connectivity index (χ1n) is 9.53. The lowest BCUT2D eigenvalue weighted by atomic mass is 10.2. The van der Waals surface area contributed by atoms with Crippen LogP contribution in [0.3, 0.4) is 0 Å². The van der Waals surface area contributed by atoms with Crippen LogP contribution in [0.1, 0.15) is 34.6 Å². The van der Waals surface area contributed by atoms with Gasteiger partial charge in [0.05, 0.1) is 25.9 Å². The van der Waals surface area contributed by atoms with E-state index in [1.807, 2.05) is 0 Å². The molecule has 0 saturated heterocycles. The van der Waals surface area contributed by atoms with E-state index < -0.39 is 49.7 Å². The van der Waals surface area contributed by atoms with Crippen molar-refractivity contribution >= 4 is 31.5 Å². The number of ether oxygens (including phenoxy) is 1. The highest BCUT2D eigenvalue weighted by molar-refractivity contribution is 7.53. The summed E-state index contributed by atoms with van der Waals surface area (Å²) in [4.78, 5) is 47.4. The van der Waals surface area contributed by atoms with Gasteiger partial charge in [-0.1, -0.05) is 0 Å². The van der Waals surface area contributed by atoms with Crippen LogP contribution in [0.4, 0.5) is 4.79 Å². The molecule has 1 atom stereocenters. The summed E-state index contributed by atoms with van der Waals surface area (Å²) in [7, 11) is -3.54. The minimum absolute atomic E-state index is 0.105. The van der Waals surface area contributed by atoms with E-state index in [-0.39, 0.29) is 25.9 Å². The number of aliphatic carboxylic acids is 2. The predicted octanol–water partition coefficient (Wildman–Crippen LogP) is 1.70. The van der Waals surface area contributed by atoms with Crippen molar-refractivity contribution in [3.05, 3.63) is 12.2 Å². The number of amides is 2. The van der Waals surface area contributed by atoms with Crippen molar-refractivity contribution in [1.82, 2.24) is 10.2 Å². The van der Waals surface area contributed by atoms with Crippen molar-refractivity contribution in [1.29, 1.82) is 0 Å². The molecule has 0 rings (SSSR count). The monoisotopic (exact) mass is 466 g/mol. The summed E-state index contributed by atoms with van der Waals surface area (Å²) < 4.78 is 28.3. The number of nitrogens with one attached hydrogen (secondary N) is 1. The first-order chi connectivity index (χ1) is 14.2. The molecule has 12 nitrogen and oxygen atoms in total. The number of hydrogen-bond donors (Lipinski definition) is 3. The third-order valence-electron chi connectivity index (χ3n) is 3.34. The quantitative estimate of drug-likeness (QED) is 0.268. The average molecular weight is 466 g/mol. The molecule has 0 spiro atoms. The maximum Gasteiger partial charge on any atom is 0.410 e. The number of carboxylic acids is 2. The van der Waals surface area contributed by atoms with Gasteiger partial charge >= 0.3 is 25.6 Å². The molecule has 0 radical (unpaired) electrons. The molecule has 2 amide bonds. The smallest absolute Gasteiger partial charge is 0.410 e. The summed E-state index contributed by atoms with van der Waals surface area (Å²) in [6, 6.07) is -1.59. The Hall–Kier alpha value is -2.43. The summed E-state index contributed by atoms with van der Waals surface area (Å²) in [5.74, 6) is -3.84. The Balaban J connectivity index is 5.56. The molecule has 0 aromatic carbocycles. The molecule has 13 heteroatoms. The zero-order valence-electron chi connectivity index (χ0n) is 18.3. The number of hydrogen-bond acceptors (Lipinski definition) is 8. The SMILES string of the molecule is CCOP(=O)(CCN(CC(NC(=O)/C=C\C(=O)O)C(=O)O)C(=O)OC(C)(C)C)OCC. The highest BCUT2D eigenvalue weighted by Crippen LogP contribution is 2.47. The minimum Gasteiger partial charge on any atom is -0.480 e. The van der Waals surface area contributed by atoms with Crippen LogP contribution >= 0.6 is 7.60 Å². The van der Waals surface area contributed by atoms with Gasteiger partial charge in [0.2, 0.25) is 5.91 Å². The molecule has 0 saturated carbocycles.